The number of esters is 1. The topological polar surface area (TPSA) is 90.0 Å². The van der Waals surface area contributed by atoms with Crippen LogP contribution in [0.25, 0.3) is 0 Å². The second kappa shape index (κ2) is 9.96. The molecule has 0 spiro atoms. The van der Waals surface area contributed by atoms with Crippen molar-refractivity contribution in [1.82, 2.24) is 4.90 Å². The second-order valence-electron chi connectivity index (χ2n) is 7.63. The van der Waals surface area contributed by atoms with Gasteiger partial charge >= 0.3 is 5.97 Å². The molecular formula is C23H27NO6S. The highest BCUT2D eigenvalue weighted by Gasteiger charge is 2.36. The number of rotatable bonds is 8. The Morgan fingerprint density at radius 2 is 1.71 bits per heavy atom. The van der Waals surface area contributed by atoms with Crippen LogP contribution < -0.4 is 4.74 Å². The first-order chi connectivity index (χ1) is 14.8. The van der Waals surface area contributed by atoms with Gasteiger partial charge in [-0.05, 0) is 56.2 Å². The van der Waals surface area contributed by atoms with Crippen LogP contribution in [0.1, 0.15) is 37.0 Å². The minimum atomic E-state index is -3.13. The van der Waals surface area contributed by atoms with Crippen molar-refractivity contribution in [3.63, 3.8) is 0 Å². The van der Waals surface area contributed by atoms with E-state index in [0.29, 0.717) is 29.9 Å². The van der Waals surface area contributed by atoms with Crippen molar-refractivity contribution in [2.45, 2.75) is 38.8 Å². The number of carbonyl (C=O) groups excluding carboxylic acids is 2. The van der Waals surface area contributed by atoms with Gasteiger partial charge in [0.05, 0.1) is 17.1 Å². The molecule has 0 N–H and O–H groups in total. The molecule has 7 nitrogen and oxygen atoms in total. The lowest BCUT2D eigenvalue weighted by Gasteiger charge is -2.33. The van der Waals surface area contributed by atoms with Crippen LogP contribution in [0.2, 0.25) is 0 Å². The number of hydrogen-bond acceptors (Lipinski definition) is 6. The summed E-state index contributed by atoms with van der Waals surface area (Å²) in [4.78, 5) is 26.7. The van der Waals surface area contributed by atoms with E-state index in [0.717, 1.165) is 0 Å². The van der Waals surface area contributed by atoms with E-state index in [1.54, 1.807) is 29.2 Å². The summed E-state index contributed by atoms with van der Waals surface area (Å²) in [7, 11) is -3.13. The molecule has 1 aliphatic rings. The average molecular weight is 446 g/mol. The largest absolute Gasteiger partial charge is 0.457 e. The number of carbonyl (C=O) groups is 2. The Kier molecular flexibility index (Phi) is 7.33. The summed E-state index contributed by atoms with van der Waals surface area (Å²) < 4.78 is 34.6. The standard InChI is InChI=1S/C23H27NO6S/c1-3-17(2)24(19-13-14-31(27,28)16-19)22(25)15-29-23(26)18-9-11-21(12-10-18)30-20-7-5-4-6-8-20/h4-12,17,19H,3,13-16H2,1-2H3. The number of ether oxygens (including phenoxy) is 2. The zero-order valence-electron chi connectivity index (χ0n) is 17.7. The molecule has 1 amide bonds. The van der Waals surface area contributed by atoms with Gasteiger partial charge in [0.15, 0.2) is 16.4 Å². The molecule has 0 saturated carbocycles. The lowest BCUT2D eigenvalue weighted by atomic mass is 10.1. The third kappa shape index (κ3) is 6.07. The molecule has 1 heterocycles. The summed E-state index contributed by atoms with van der Waals surface area (Å²) in [5.41, 5.74) is 0.298. The van der Waals surface area contributed by atoms with Crippen molar-refractivity contribution in [1.29, 1.82) is 0 Å². The van der Waals surface area contributed by atoms with Gasteiger partial charge in [-0.2, -0.15) is 0 Å². The van der Waals surface area contributed by atoms with Crippen LogP contribution in [0.3, 0.4) is 0 Å². The fraction of sp³-hybridized carbons (Fsp3) is 0.391. The number of benzene rings is 2. The minimum absolute atomic E-state index is 0.0418. The zero-order valence-corrected chi connectivity index (χ0v) is 18.5. The maximum atomic E-state index is 12.8. The van der Waals surface area contributed by atoms with E-state index < -0.39 is 22.4 Å². The summed E-state index contributed by atoms with van der Waals surface area (Å²) >= 11 is 0. The summed E-state index contributed by atoms with van der Waals surface area (Å²) in [6.07, 6.45) is 1.09. The molecule has 0 aromatic heterocycles. The van der Waals surface area contributed by atoms with Gasteiger partial charge in [-0.1, -0.05) is 25.1 Å². The Morgan fingerprint density at radius 1 is 1.06 bits per heavy atom. The molecular weight excluding hydrogens is 418 g/mol. The molecule has 0 radical (unpaired) electrons. The predicted molar refractivity (Wildman–Crippen MR) is 117 cm³/mol. The van der Waals surface area contributed by atoms with Crippen LogP contribution in [0.15, 0.2) is 54.6 Å². The van der Waals surface area contributed by atoms with Crippen molar-refractivity contribution in [3.05, 3.63) is 60.2 Å². The molecule has 0 aliphatic carbocycles. The monoisotopic (exact) mass is 445 g/mol. The van der Waals surface area contributed by atoms with Gasteiger partial charge in [0, 0.05) is 12.1 Å². The molecule has 31 heavy (non-hydrogen) atoms. The Labute approximate surface area is 182 Å². The van der Waals surface area contributed by atoms with Crippen molar-refractivity contribution in [2.75, 3.05) is 18.1 Å². The molecule has 1 aliphatic heterocycles. The fourth-order valence-corrected chi connectivity index (χ4v) is 5.28. The van der Waals surface area contributed by atoms with Crippen LogP contribution in [0, 0.1) is 0 Å². The van der Waals surface area contributed by atoms with E-state index in [1.165, 1.54) is 0 Å². The third-order valence-corrected chi connectivity index (χ3v) is 7.10. The first-order valence-corrected chi connectivity index (χ1v) is 12.1. The molecule has 0 bridgehead atoms. The van der Waals surface area contributed by atoms with Crippen LogP contribution in [-0.4, -0.2) is 55.4 Å². The Morgan fingerprint density at radius 3 is 2.29 bits per heavy atom. The quantitative estimate of drug-likeness (QED) is 0.578. The highest BCUT2D eigenvalue weighted by Crippen LogP contribution is 2.23. The van der Waals surface area contributed by atoms with E-state index in [-0.39, 0.29) is 29.5 Å². The van der Waals surface area contributed by atoms with Gasteiger partial charge in [-0.25, -0.2) is 13.2 Å². The highest BCUT2D eigenvalue weighted by molar-refractivity contribution is 7.91. The molecule has 166 valence electrons. The van der Waals surface area contributed by atoms with E-state index >= 15 is 0 Å². The summed E-state index contributed by atoms with van der Waals surface area (Å²) in [5, 5.41) is 0. The first kappa shape index (κ1) is 22.8. The Hall–Kier alpha value is -2.87. The van der Waals surface area contributed by atoms with Gasteiger partial charge in [0.1, 0.15) is 11.5 Å². The number of sulfone groups is 1. The Balaban J connectivity index is 1.58. The molecule has 2 aromatic rings. The number of amides is 1. The van der Waals surface area contributed by atoms with Gasteiger partial charge in [0.25, 0.3) is 5.91 Å². The van der Waals surface area contributed by atoms with Gasteiger partial charge in [-0.15, -0.1) is 0 Å². The fourth-order valence-electron chi connectivity index (χ4n) is 3.57. The lowest BCUT2D eigenvalue weighted by Crippen LogP contribution is -2.48. The first-order valence-electron chi connectivity index (χ1n) is 10.3. The smallest absolute Gasteiger partial charge is 0.338 e. The zero-order chi connectivity index (χ0) is 22.4. The summed E-state index contributed by atoms with van der Waals surface area (Å²) in [5.74, 6) is 0.290. The van der Waals surface area contributed by atoms with Crippen molar-refractivity contribution >= 4 is 21.7 Å². The number of nitrogens with zero attached hydrogens (tertiary/aromatic N) is 1. The van der Waals surface area contributed by atoms with Gasteiger partial charge in [-0.3, -0.25) is 4.79 Å². The minimum Gasteiger partial charge on any atom is -0.457 e. The van der Waals surface area contributed by atoms with E-state index in [1.807, 2.05) is 44.2 Å². The SMILES string of the molecule is CCC(C)N(C(=O)COC(=O)c1ccc(Oc2ccccc2)cc1)C1CCS(=O)(=O)C1. The molecule has 2 atom stereocenters. The molecule has 1 saturated heterocycles. The normalized spacial score (nSPS) is 18.2. The predicted octanol–water partition coefficient (Wildman–Crippen LogP) is 3.45. The maximum absolute atomic E-state index is 12.8. The summed E-state index contributed by atoms with van der Waals surface area (Å²) in [6, 6.07) is 15.2. The Bertz CT molecular complexity index is 1000. The lowest BCUT2D eigenvalue weighted by molar-refractivity contribution is -0.138. The van der Waals surface area contributed by atoms with Crippen molar-refractivity contribution in [2.24, 2.45) is 0 Å². The van der Waals surface area contributed by atoms with Crippen molar-refractivity contribution < 1.29 is 27.5 Å². The van der Waals surface area contributed by atoms with Crippen LogP contribution in [0.4, 0.5) is 0 Å². The van der Waals surface area contributed by atoms with E-state index in [9.17, 15) is 18.0 Å². The highest BCUT2D eigenvalue weighted by atomic mass is 32.2. The molecule has 2 unspecified atom stereocenters. The second-order valence-corrected chi connectivity index (χ2v) is 9.86. The number of hydrogen-bond donors (Lipinski definition) is 0. The van der Waals surface area contributed by atoms with Crippen molar-refractivity contribution in [3.8, 4) is 11.5 Å². The van der Waals surface area contributed by atoms with Crippen LogP contribution >= 0.6 is 0 Å². The van der Waals surface area contributed by atoms with E-state index in [4.69, 9.17) is 9.47 Å². The maximum Gasteiger partial charge on any atom is 0.338 e. The molecule has 2 aromatic carbocycles. The van der Waals surface area contributed by atoms with Crippen LogP contribution in [-0.2, 0) is 19.4 Å². The third-order valence-electron chi connectivity index (χ3n) is 5.35. The molecule has 8 heteroatoms. The molecule has 3 rings (SSSR count). The van der Waals surface area contributed by atoms with E-state index in [2.05, 4.69) is 0 Å². The van der Waals surface area contributed by atoms with Gasteiger partial charge < -0.3 is 14.4 Å². The summed E-state index contributed by atoms with van der Waals surface area (Å²) in [6.45, 7) is 3.37. The van der Waals surface area contributed by atoms with Gasteiger partial charge in [0.2, 0.25) is 0 Å². The number of para-hydroxylation sites is 1. The molecule has 1 fully saturated rings. The van der Waals surface area contributed by atoms with Crippen LogP contribution in [0.5, 0.6) is 11.5 Å². The average Bonchev–Trinajstić information content (AvgIpc) is 3.12.